The second-order valence-corrected chi connectivity index (χ2v) is 11.0. The van der Waals surface area contributed by atoms with Crippen molar-refractivity contribution in [2.45, 2.75) is 91.9 Å². The van der Waals surface area contributed by atoms with Crippen molar-refractivity contribution in [1.29, 1.82) is 0 Å². The molecule has 0 radical (unpaired) electrons. The minimum absolute atomic E-state index is 0.0332. The van der Waals surface area contributed by atoms with E-state index in [0.717, 1.165) is 49.4 Å². The first-order valence-corrected chi connectivity index (χ1v) is 12.2. The Morgan fingerprint density at radius 1 is 1.14 bits per heavy atom. The maximum Gasteiger partial charge on any atom is 0.305 e. The fourth-order valence-electron chi connectivity index (χ4n) is 8.31. The van der Waals surface area contributed by atoms with Gasteiger partial charge in [0.25, 0.3) is 0 Å². The molecule has 0 aromatic carbocycles. The lowest BCUT2D eigenvalue weighted by Crippen LogP contribution is -2.51. The number of allylic oxidation sites excluding steroid dienone is 1. The summed E-state index contributed by atoms with van der Waals surface area (Å²) in [5.41, 5.74) is 2.17. The fraction of sp³-hybridized carbons (Fsp3) is 0.846. The number of esters is 1. The highest BCUT2D eigenvalue weighted by atomic mass is 16.5. The monoisotopic (exact) mass is 400 g/mol. The number of fused-ring (bicyclic) bond motifs is 5. The van der Waals surface area contributed by atoms with E-state index in [2.05, 4.69) is 20.8 Å². The summed E-state index contributed by atoms with van der Waals surface area (Å²) in [6.45, 7) is 9.79. The van der Waals surface area contributed by atoms with Gasteiger partial charge in [0.15, 0.2) is 5.78 Å². The molecular formula is C26H40O3. The predicted molar refractivity (Wildman–Crippen MR) is 115 cm³/mol. The molecule has 3 nitrogen and oxygen atoms in total. The van der Waals surface area contributed by atoms with Crippen LogP contribution in [0.2, 0.25) is 0 Å². The van der Waals surface area contributed by atoms with Crippen LogP contribution in [0.3, 0.4) is 0 Å². The topological polar surface area (TPSA) is 43.4 Å². The molecule has 0 bridgehead atoms. The lowest BCUT2D eigenvalue weighted by Gasteiger charge is -2.58. The van der Waals surface area contributed by atoms with Gasteiger partial charge in [-0.2, -0.15) is 0 Å². The zero-order valence-corrected chi connectivity index (χ0v) is 19.0. The molecule has 29 heavy (non-hydrogen) atoms. The summed E-state index contributed by atoms with van der Waals surface area (Å²) in [5.74, 6) is 4.07. The van der Waals surface area contributed by atoms with Gasteiger partial charge < -0.3 is 4.74 Å². The maximum atomic E-state index is 12.0. The van der Waals surface area contributed by atoms with Gasteiger partial charge in [-0.25, -0.2) is 0 Å². The standard InChI is InChI=1S/C26H40O3/c1-5-29-24(28)11-6-17(2)21-9-10-22-20-8-7-18-16-19(27)12-14-25(18,3)23(20)13-15-26(21,22)4/h16-17,20-23H,5-15H2,1-4H3/t17-,20+,21-,22-,23+,25-,26+/m0/s1. The number of ketones is 1. The number of carbonyl (C=O) groups is 2. The van der Waals surface area contributed by atoms with E-state index in [1.54, 1.807) is 0 Å². The summed E-state index contributed by atoms with van der Waals surface area (Å²) in [6, 6.07) is 0. The molecule has 0 heterocycles. The summed E-state index contributed by atoms with van der Waals surface area (Å²) in [6.07, 6.45) is 13.1. The van der Waals surface area contributed by atoms with Gasteiger partial charge in [-0.15, -0.1) is 0 Å². The molecule has 0 unspecified atom stereocenters. The highest BCUT2D eigenvalue weighted by Gasteiger charge is 2.59. The molecule has 4 rings (SSSR count). The molecular weight excluding hydrogens is 360 g/mol. The molecule has 162 valence electrons. The summed E-state index contributed by atoms with van der Waals surface area (Å²) in [4.78, 5) is 23.9. The highest BCUT2D eigenvalue weighted by Crippen LogP contribution is 2.67. The van der Waals surface area contributed by atoms with E-state index >= 15 is 0 Å². The Balaban J connectivity index is 1.48. The third-order valence-corrected chi connectivity index (χ3v) is 9.83. The minimum atomic E-state index is -0.0332. The summed E-state index contributed by atoms with van der Waals surface area (Å²) >= 11 is 0. The van der Waals surface area contributed by atoms with Crippen molar-refractivity contribution in [3.63, 3.8) is 0 Å². The zero-order chi connectivity index (χ0) is 20.8. The molecule has 0 aromatic rings. The minimum Gasteiger partial charge on any atom is -0.466 e. The Hall–Kier alpha value is -1.12. The molecule has 0 aliphatic heterocycles. The highest BCUT2D eigenvalue weighted by molar-refractivity contribution is 5.91. The smallest absolute Gasteiger partial charge is 0.305 e. The molecule has 0 spiro atoms. The third kappa shape index (κ3) is 3.51. The summed E-state index contributed by atoms with van der Waals surface area (Å²) in [7, 11) is 0. The largest absolute Gasteiger partial charge is 0.466 e. The van der Waals surface area contributed by atoms with Crippen molar-refractivity contribution < 1.29 is 14.3 Å². The van der Waals surface area contributed by atoms with Gasteiger partial charge in [0.05, 0.1) is 6.61 Å². The van der Waals surface area contributed by atoms with Gasteiger partial charge in [-0.3, -0.25) is 9.59 Å². The number of hydrogen-bond acceptors (Lipinski definition) is 3. The molecule has 3 saturated carbocycles. The molecule has 4 aliphatic rings. The normalized spacial score (nSPS) is 42.3. The maximum absolute atomic E-state index is 12.0. The average molecular weight is 401 g/mol. The van der Waals surface area contributed by atoms with Crippen LogP contribution in [0.4, 0.5) is 0 Å². The SMILES string of the molecule is CCOC(=O)CC[C@H](C)[C@@H]1CC[C@H]2[C@H]3CCC4=CC(=O)CC[C@]4(C)[C@@H]3CC[C@@]21C. The molecule has 0 amide bonds. The van der Waals surface area contributed by atoms with Gasteiger partial charge in [-0.1, -0.05) is 26.3 Å². The number of rotatable bonds is 5. The molecule has 0 saturated heterocycles. The Morgan fingerprint density at radius 3 is 2.69 bits per heavy atom. The van der Waals surface area contributed by atoms with Crippen LogP contribution < -0.4 is 0 Å². The second-order valence-electron chi connectivity index (χ2n) is 11.0. The van der Waals surface area contributed by atoms with Gasteiger partial charge in [0.1, 0.15) is 0 Å². The van der Waals surface area contributed by atoms with Crippen LogP contribution in [0.25, 0.3) is 0 Å². The molecule has 3 fully saturated rings. The third-order valence-electron chi connectivity index (χ3n) is 9.83. The van der Waals surface area contributed by atoms with Gasteiger partial charge >= 0.3 is 5.97 Å². The van der Waals surface area contributed by atoms with Crippen LogP contribution in [0.1, 0.15) is 91.9 Å². The number of ether oxygens (including phenoxy) is 1. The Labute approximate surface area is 177 Å². The fourth-order valence-corrected chi connectivity index (χ4v) is 8.31. The van der Waals surface area contributed by atoms with Crippen molar-refractivity contribution in [2.24, 2.45) is 40.4 Å². The van der Waals surface area contributed by atoms with E-state index in [4.69, 9.17) is 4.74 Å². The van der Waals surface area contributed by atoms with Crippen LogP contribution in [-0.2, 0) is 14.3 Å². The lowest BCUT2D eigenvalue weighted by molar-refractivity contribution is -0.143. The van der Waals surface area contributed by atoms with Crippen molar-refractivity contribution in [2.75, 3.05) is 6.61 Å². The van der Waals surface area contributed by atoms with Crippen LogP contribution in [0.5, 0.6) is 0 Å². The van der Waals surface area contributed by atoms with E-state index in [0.29, 0.717) is 30.1 Å². The lowest BCUT2D eigenvalue weighted by atomic mass is 9.46. The first-order chi connectivity index (χ1) is 13.8. The van der Waals surface area contributed by atoms with Crippen molar-refractivity contribution >= 4 is 11.8 Å². The van der Waals surface area contributed by atoms with E-state index in [1.165, 1.54) is 37.7 Å². The number of carbonyl (C=O) groups excluding carboxylic acids is 2. The molecule has 0 N–H and O–H groups in total. The van der Waals surface area contributed by atoms with E-state index < -0.39 is 0 Å². The predicted octanol–water partition coefficient (Wildman–Crippen LogP) is 6.11. The molecule has 7 atom stereocenters. The first kappa shape index (κ1) is 21.1. The molecule has 3 heteroatoms. The van der Waals surface area contributed by atoms with Gasteiger partial charge in [-0.05, 0) is 105 Å². The van der Waals surface area contributed by atoms with E-state index in [1.807, 2.05) is 13.0 Å². The Bertz CT molecular complexity index is 694. The first-order valence-electron chi connectivity index (χ1n) is 12.2. The Kier molecular flexibility index (Phi) is 5.72. The van der Waals surface area contributed by atoms with Crippen molar-refractivity contribution in [1.82, 2.24) is 0 Å². The molecule has 4 aliphatic carbocycles. The van der Waals surface area contributed by atoms with Crippen LogP contribution in [0, 0.1) is 40.4 Å². The van der Waals surface area contributed by atoms with Crippen LogP contribution in [0.15, 0.2) is 11.6 Å². The summed E-state index contributed by atoms with van der Waals surface area (Å²) in [5, 5.41) is 0. The number of hydrogen-bond donors (Lipinski definition) is 0. The Morgan fingerprint density at radius 2 is 1.93 bits per heavy atom. The molecule has 0 aromatic heterocycles. The van der Waals surface area contributed by atoms with Crippen molar-refractivity contribution in [3.8, 4) is 0 Å². The average Bonchev–Trinajstić information content (AvgIpc) is 3.04. The van der Waals surface area contributed by atoms with E-state index in [9.17, 15) is 9.59 Å². The van der Waals surface area contributed by atoms with E-state index in [-0.39, 0.29) is 11.4 Å². The van der Waals surface area contributed by atoms with Crippen LogP contribution in [-0.4, -0.2) is 18.4 Å². The quantitative estimate of drug-likeness (QED) is 0.523. The van der Waals surface area contributed by atoms with Gasteiger partial charge in [0.2, 0.25) is 0 Å². The van der Waals surface area contributed by atoms with Crippen molar-refractivity contribution in [3.05, 3.63) is 11.6 Å². The second kappa shape index (κ2) is 7.85. The van der Waals surface area contributed by atoms with Gasteiger partial charge in [0, 0.05) is 12.8 Å². The zero-order valence-electron chi connectivity index (χ0n) is 19.0. The van der Waals surface area contributed by atoms with Crippen LogP contribution >= 0.6 is 0 Å². The summed E-state index contributed by atoms with van der Waals surface area (Å²) < 4.78 is 5.16.